The summed E-state index contributed by atoms with van der Waals surface area (Å²) in [6.07, 6.45) is 0. The number of hydrogen-bond acceptors (Lipinski definition) is 3. The van der Waals surface area contributed by atoms with Crippen molar-refractivity contribution in [1.82, 2.24) is 4.98 Å². The van der Waals surface area contributed by atoms with Crippen molar-refractivity contribution in [3.05, 3.63) is 63.9 Å². The smallest absolute Gasteiger partial charge is 0.284 e. The Balaban J connectivity index is 2.31. The topological polar surface area (TPSA) is 43.1 Å². The SMILES string of the molecule is Cc1ccc(C)c(-c2nc(=O)c3ccccc3o2)c1. The Bertz CT molecular complexity index is 818. The third-order valence-corrected chi connectivity index (χ3v) is 3.15. The number of nitrogens with zero attached hydrogens (tertiary/aromatic N) is 1. The van der Waals surface area contributed by atoms with Crippen LogP contribution in [0.15, 0.2) is 51.7 Å². The molecule has 94 valence electrons. The van der Waals surface area contributed by atoms with Gasteiger partial charge in [-0.1, -0.05) is 29.8 Å². The van der Waals surface area contributed by atoms with Crippen LogP contribution in [0.2, 0.25) is 0 Å². The number of benzene rings is 2. The minimum atomic E-state index is -0.252. The molecule has 0 aliphatic rings. The van der Waals surface area contributed by atoms with Crippen LogP contribution in [0, 0.1) is 13.8 Å². The second kappa shape index (κ2) is 4.35. The highest BCUT2D eigenvalue weighted by Crippen LogP contribution is 2.24. The summed E-state index contributed by atoms with van der Waals surface area (Å²) in [5.41, 5.74) is 3.33. The van der Waals surface area contributed by atoms with Crippen molar-refractivity contribution in [2.24, 2.45) is 0 Å². The molecular weight excluding hydrogens is 238 g/mol. The van der Waals surface area contributed by atoms with Crippen molar-refractivity contribution in [2.45, 2.75) is 13.8 Å². The van der Waals surface area contributed by atoms with E-state index >= 15 is 0 Å². The molecule has 0 N–H and O–H groups in total. The van der Waals surface area contributed by atoms with Gasteiger partial charge in [-0.3, -0.25) is 4.79 Å². The lowest BCUT2D eigenvalue weighted by molar-refractivity contribution is 0.594. The first-order valence-electron chi connectivity index (χ1n) is 6.12. The zero-order valence-electron chi connectivity index (χ0n) is 10.8. The van der Waals surface area contributed by atoms with Gasteiger partial charge in [0.05, 0.1) is 5.39 Å². The van der Waals surface area contributed by atoms with Gasteiger partial charge >= 0.3 is 0 Å². The summed E-state index contributed by atoms with van der Waals surface area (Å²) in [5.74, 6) is 0.380. The average molecular weight is 251 g/mol. The molecule has 0 aliphatic heterocycles. The van der Waals surface area contributed by atoms with Crippen molar-refractivity contribution in [1.29, 1.82) is 0 Å². The third kappa shape index (κ3) is 2.03. The van der Waals surface area contributed by atoms with Crippen LogP contribution in [0.4, 0.5) is 0 Å². The molecule has 0 amide bonds. The molecule has 0 radical (unpaired) electrons. The summed E-state index contributed by atoms with van der Waals surface area (Å²) < 4.78 is 5.75. The van der Waals surface area contributed by atoms with Crippen LogP contribution in [0.5, 0.6) is 0 Å². The molecule has 3 rings (SSSR count). The van der Waals surface area contributed by atoms with Gasteiger partial charge in [0.1, 0.15) is 5.58 Å². The van der Waals surface area contributed by atoms with E-state index in [9.17, 15) is 4.79 Å². The van der Waals surface area contributed by atoms with E-state index in [0.29, 0.717) is 16.9 Å². The van der Waals surface area contributed by atoms with Gasteiger partial charge in [-0.25, -0.2) is 0 Å². The van der Waals surface area contributed by atoms with Crippen LogP contribution in [-0.4, -0.2) is 4.98 Å². The molecule has 0 fully saturated rings. The summed E-state index contributed by atoms with van der Waals surface area (Å²) in [7, 11) is 0. The lowest BCUT2D eigenvalue weighted by atomic mass is 10.1. The average Bonchev–Trinajstić information content (AvgIpc) is 2.41. The summed E-state index contributed by atoms with van der Waals surface area (Å²) in [6, 6.07) is 13.2. The fourth-order valence-electron chi connectivity index (χ4n) is 2.09. The largest absolute Gasteiger partial charge is 0.437 e. The maximum Gasteiger partial charge on any atom is 0.284 e. The van der Waals surface area contributed by atoms with Crippen molar-refractivity contribution in [2.75, 3.05) is 0 Å². The van der Waals surface area contributed by atoms with Crippen LogP contribution in [0.3, 0.4) is 0 Å². The van der Waals surface area contributed by atoms with Gasteiger partial charge < -0.3 is 4.42 Å². The van der Waals surface area contributed by atoms with Gasteiger partial charge in [0.25, 0.3) is 5.56 Å². The predicted molar refractivity (Wildman–Crippen MR) is 75.2 cm³/mol. The zero-order chi connectivity index (χ0) is 13.4. The Morgan fingerprint density at radius 3 is 2.68 bits per heavy atom. The molecule has 0 unspecified atom stereocenters. The number of fused-ring (bicyclic) bond motifs is 1. The van der Waals surface area contributed by atoms with Crippen molar-refractivity contribution in [3.63, 3.8) is 0 Å². The summed E-state index contributed by atoms with van der Waals surface area (Å²) in [5, 5.41) is 0.511. The molecule has 3 aromatic rings. The molecule has 0 saturated carbocycles. The Kier molecular flexibility index (Phi) is 2.67. The summed E-state index contributed by atoms with van der Waals surface area (Å²) in [4.78, 5) is 16.0. The van der Waals surface area contributed by atoms with Gasteiger partial charge in [0.15, 0.2) is 0 Å². The zero-order valence-corrected chi connectivity index (χ0v) is 10.8. The van der Waals surface area contributed by atoms with E-state index in [1.165, 1.54) is 0 Å². The third-order valence-electron chi connectivity index (χ3n) is 3.15. The molecule has 0 saturated heterocycles. The monoisotopic (exact) mass is 251 g/mol. The molecular formula is C16H13NO2. The van der Waals surface area contributed by atoms with E-state index in [0.717, 1.165) is 16.7 Å². The van der Waals surface area contributed by atoms with Gasteiger partial charge in [-0.15, -0.1) is 0 Å². The van der Waals surface area contributed by atoms with Crippen LogP contribution < -0.4 is 5.56 Å². The van der Waals surface area contributed by atoms with E-state index in [4.69, 9.17) is 4.42 Å². The summed E-state index contributed by atoms with van der Waals surface area (Å²) in [6.45, 7) is 3.98. The number of rotatable bonds is 1. The second-order valence-electron chi connectivity index (χ2n) is 4.64. The first-order valence-corrected chi connectivity index (χ1v) is 6.12. The maximum absolute atomic E-state index is 12.0. The minimum Gasteiger partial charge on any atom is -0.437 e. The normalized spacial score (nSPS) is 10.8. The molecule has 2 aromatic carbocycles. The van der Waals surface area contributed by atoms with E-state index in [2.05, 4.69) is 4.98 Å². The molecule has 19 heavy (non-hydrogen) atoms. The fraction of sp³-hybridized carbons (Fsp3) is 0.125. The molecule has 0 bridgehead atoms. The lowest BCUT2D eigenvalue weighted by Gasteiger charge is -2.06. The molecule has 1 heterocycles. The fourth-order valence-corrected chi connectivity index (χ4v) is 2.09. The van der Waals surface area contributed by atoms with E-state index in [1.807, 2.05) is 38.1 Å². The molecule has 1 aromatic heterocycles. The lowest BCUT2D eigenvalue weighted by Crippen LogP contribution is -2.07. The van der Waals surface area contributed by atoms with Gasteiger partial charge in [0, 0.05) is 5.56 Å². The van der Waals surface area contributed by atoms with Crippen molar-refractivity contribution >= 4 is 11.0 Å². The van der Waals surface area contributed by atoms with Gasteiger partial charge in [-0.2, -0.15) is 4.98 Å². The Morgan fingerprint density at radius 1 is 1.05 bits per heavy atom. The minimum absolute atomic E-state index is 0.252. The van der Waals surface area contributed by atoms with Gasteiger partial charge in [-0.05, 0) is 37.6 Å². The second-order valence-corrected chi connectivity index (χ2v) is 4.64. The molecule has 3 nitrogen and oxygen atoms in total. The summed E-state index contributed by atoms with van der Waals surface area (Å²) >= 11 is 0. The molecule has 0 spiro atoms. The first-order chi connectivity index (χ1) is 9.15. The highest BCUT2D eigenvalue weighted by atomic mass is 16.3. The maximum atomic E-state index is 12.0. The molecule has 0 aliphatic carbocycles. The Hall–Kier alpha value is -2.42. The predicted octanol–water partition coefficient (Wildman–Crippen LogP) is 3.47. The van der Waals surface area contributed by atoms with E-state index < -0.39 is 0 Å². The van der Waals surface area contributed by atoms with Crippen LogP contribution >= 0.6 is 0 Å². The Morgan fingerprint density at radius 2 is 1.84 bits per heavy atom. The standard InChI is InChI=1S/C16H13NO2/c1-10-7-8-11(2)13(9-10)16-17-15(18)12-5-3-4-6-14(12)19-16/h3-9H,1-2H3. The molecule has 3 heteroatoms. The van der Waals surface area contributed by atoms with Crippen molar-refractivity contribution < 1.29 is 4.42 Å². The number of hydrogen-bond donors (Lipinski definition) is 0. The number of aromatic nitrogens is 1. The van der Waals surface area contributed by atoms with Crippen LogP contribution in [-0.2, 0) is 0 Å². The highest BCUT2D eigenvalue weighted by Gasteiger charge is 2.10. The van der Waals surface area contributed by atoms with E-state index in [1.54, 1.807) is 18.2 Å². The molecule has 0 atom stereocenters. The van der Waals surface area contributed by atoms with E-state index in [-0.39, 0.29) is 5.56 Å². The number of aryl methyl sites for hydroxylation is 2. The Labute approximate surface area is 110 Å². The van der Waals surface area contributed by atoms with Crippen molar-refractivity contribution in [3.8, 4) is 11.5 Å². The number of para-hydroxylation sites is 1. The quantitative estimate of drug-likeness (QED) is 0.665. The van der Waals surface area contributed by atoms with Crippen LogP contribution in [0.25, 0.3) is 22.4 Å². The van der Waals surface area contributed by atoms with Crippen LogP contribution in [0.1, 0.15) is 11.1 Å². The van der Waals surface area contributed by atoms with Gasteiger partial charge in [0.2, 0.25) is 5.89 Å². The highest BCUT2D eigenvalue weighted by molar-refractivity contribution is 5.76. The first kappa shape index (κ1) is 11.7.